The van der Waals surface area contributed by atoms with Crippen LogP contribution in [0.3, 0.4) is 0 Å². The number of benzene rings is 1. The Kier molecular flexibility index (Phi) is 5.93. The normalized spacial score (nSPS) is 20.3. The number of nitrogens with zero attached hydrogens (tertiary/aromatic N) is 3. The molecule has 0 radical (unpaired) electrons. The molecular formula is C16H22ClN5O2. The van der Waals surface area contributed by atoms with Crippen molar-refractivity contribution in [1.29, 1.82) is 0 Å². The lowest BCUT2D eigenvalue weighted by molar-refractivity contribution is 0.0755. The number of hydrogen-bond donors (Lipinski definition) is 3. The first kappa shape index (κ1) is 18.4. The monoisotopic (exact) mass is 351 g/mol. The molecule has 8 heteroatoms. The Labute approximate surface area is 146 Å². The van der Waals surface area contributed by atoms with E-state index in [1.807, 2.05) is 26.1 Å². The number of nitrogens with one attached hydrogen (secondary N) is 2. The Morgan fingerprint density at radius 3 is 2.92 bits per heavy atom. The lowest BCUT2D eigenvalue weighted by atomic mass is 10.0. The average Bonchev–Trinajstić information content (AvgIpc) is 2.89. The van der Waals surface area contributed by atoms with E-state index in [0.29, 0.717) is 24.4 Å². The fourth-order valence-electron chi connectivity index (χ4n) is 2.63. The number of rotatable bonds is 3. The van der Waals surface area contributed by atoms with Crippen LogP contribution in [0.4, 0.5) is 0 Å². The van der Waals surface area contributed by atoms with Crippen molar-refractivity contribution in [2.45, 2.75) is 25.5 Å². The second kappa shape index (κ2) is 7.74. The lowest BCUT2D eigenvalue weighted by Crippen LogP contribution is -2.53. The second-order valence-corrected chi connectivity index (χ2v) is 5.83. The molecule has 1 aliphatic rings. The van der Waals surface area contributed by atoms with Gasteiger partial charge in [-0.15, -0.1) is 12.4 Å². The fraction of sp³-hybridized carbons (Fsp3) is 0.438. The molecule has 3 rings (SSSR count). The van der Waals surface area contributed by atoms with Crippen molar-refractivity contribution in [2.24, 2.45) is 7.05 Å². The molecule has 3 N–H and O–H groups in total. The van der Waals surface area contributed by atoms with Gasteiger partial charge < -0.3 is 15.7 Å². The summed E-state index contributed by atoms with van der Waals surface area (Å²) in [4.78, 5) is 16.8. The largest absolute Gasteiger partial charge is 0.391 e. The summed E-state index contributed by atoms with van der Waals surface area (Å²) in [6, 6.07) is 6.94. The highest BCUT2D eigenvalue weighted by Crippen LogP contribution is 2.17. The molecule has 24 heavy (non-hydrogen) atoms. The summed E-state index contributed by atoms with van der Waals surface area (Å²) < 4.78 is 1.70. The number of carbonyl (C=O) groups excluding carboxylic acids is 1. The van der Waals surface area contributed by atoms with Crippen molar-refractivity contribution < 1.29 is 9.90 Å². The van der Waals surface area contributed by atoms with Crippen molar-refractivity contribution in [1.82, 2.24) is 25.4 Å². The minimum Gasteiger partial charge on any atom is -0.391 e. The number of carbonyl (C=O) groups is 1. The molecule has 0 unspecified atom stereocenters. The van der Waals surface area contributed by atoms with Gasteiger partial charge in [-0.05, 0) is 32.0 Å². The first-order valence-corrected chi connectivity index (χ1v) is 7.72. The summed E-state index contributed by atoms with van der Waals surface area (Å²) in [5.41, 5.74) is 1.33. The van der Waals surface area contributed by atoms with Crippen LogP contribution in [0.15, 0.2) is 24.3 Å². The lowest BCUT2D eigenvalue weighted by Gasteiger charge is -2.29. The van der Waals surface area contributed by atoms with Gasteiger partial charge in [-0.25, -0.2) is 4.98 Å². The molecule has 130 valence electrons. The molecule has 0 saturated carbocycles. The van der Waals surface area contributed by atoms with Crippen LogP contribution in [0.1, 0.15) is 22.6 Å². The number of halogens is 1. The van der Waals surface area contributed by atoms with Crippen LogP contribution in [0, 0.1) is 6.92 Å². The number of aryl methyl sites for hydroxylation is 2. The molecule has 7 nitrogen and oxygen atoms in total. The first-order chi connectivity index (χ1) is 11.0. The van der Waals surface area contributed by atoms with Crippen molar-refractivity contribution >= 4 is 18.3 Å². The Morgan fingerprint density at radius 1 is 1.46 bits per heavy atom. The summed E-state index contributed by atoms with van der Waals surface area (Å²) in [5, 5.41) is 20.3. The van der Waals surface area contributed by atoms with Crippen molar-refractivity contribution in [3.63, 3.8) is 0 Å². The zero-order valence-corrected chi connectivity index (χ0v) is 14.5. The number of aliphatic hydroxyl groups is 1. The van der Waals surface area contributed by atoms with Crippen LogP contribution in [0.5, 0.6) is 0 Å². The van der Waals surface area contributed by atoms with Crippen LogP contribution in [-0.4, -0.2) is 51.0 Å². The van der Waals surface area contributed by atoms with Crippen LogP contribution in [-0.2, 0) is 7.05 Å². The van der Waals surface area contributed by atoms with E-state index in [-0.39, 0.29) is 24.4 Å². The van der Waals surface area contributed by atoms with Crippen molar-refractivity contribution in [3.05, 3.63) is 35.7 Å². The van der Waals surface area contributed by atoms with E-state index in [1.54, 1.807) is 16.8 Å². The molecule has 1 amide bonds. The number of aromatic nitrogens is 3. The van der Waals surface area contributed by atoms with E-state index in [2.05, 4.69) is 20.7 Å². The standard InChI is InChI=1S/C16H21N5O2.ClH/c1-10-18-15(20-21(10)2)11-4-3-5-12(8-11)16(23)19-13-9-17-7-6-14(13)22;/h3-5,8,13-14,17,22H,6-7,9H2,1-2H3,(H,19,23);1H/t13-,14-;/m1./s1. The summed E-state index contributed by atoms with van der Waals surface area (Å²) in [7, 11) is 1.83. The van der Waals surface area contributed by atoms with E-state index >= 15 is 0 Å². The molecule has 2 aromatic rings. The molecule has 1 aromatic carbocycles. The molecule has 2 atom stereocenters. The van der Waals surface area contributed by atoms with Crippen molar-refractivity contribution in [2.75, 3.05) is 13.1 Å². The average molecular weight is 352 g/mol. The van der Waals surface area contributed by atoms with Gasteiger partial charge in [-0.1, -0.05) is 12.1 Å². The highest BCUT2D eigenvalue weighted by Gasteiger charge is 2.24. The van der Waals surface area contributed by atoms with Gasteiger partial charge in [0.1, 0.15) is 5.82 Å². The van der Waals surface area contributed by atoms with Gasteiger partial charge in [0, 0.05) is 24.7 Å². The summed E-state index contributed by atoms with van der Waals surface area (Å²) in [6.45, 7) is 3.23. The Balaban J connectivity index is 0.00000208. The van der Waals surface area contributed by atoms with Crippen molar-refractivity contribution in [3.8, 4) is 11.4 Å². The molecule has 0 bridgehead atoms. The molecule has 1 aromatic heterocycles. The third-order valence-electron chi connectivity index (χ3n) is 4.13. The molecule has 0 aliphatic carbocycles. The first-order valence-electron chi connectivity index (χ1n) is 7.72. The minimum atomic E-state index is -0.511. The Morgan fingerprint density at radius 2 is 2.25 bits per heavy atom. The number of aliphatic hydroxyl groups excluding tert-OH is 1. The summed E-state index contributed by atoms with van der Waals surface area (Å²) >= 11 is 0. The van der Waals surface area contributed by atoms with Gasteiger partial charge in [0.15, 0.2) is 5.82 Å². The van der Waals surface area contributed by atoms with E-state index in [0.717, 1.165) is 17.9 Å². The predicted molar refractivity (Wildman–Crippen MR) is 93.2 cm³/mol. The number of hydrogen-bond acceptors (Lipinski definition) is 5. The minimum absolute atomic E-state index is 0. The Hall–Kier alpha value is -1.96. The molecular weight excluding hydrogens is 330 g/mol. The number of amides is 1. The topological polar surface area (TPSA) is 92.1 Å². The van der Waals surface area contributed by atoms with Gasteiger partial charge in [0.05, 0.1) is 12.1 Å². The van der Waals surface area contributed by atoms with E-state index in [1.165, 1.54) is 0 Å². The third kappa shape index (κ3) is 3.92. The molecule has 2 heterocycles. The van der Waals surface area contributed by atoms with Crippen LogP contribution < -0.4 is 10.6 Å². The van der Waals surface area contributed by atoms with E-state index in [4.69, 9.17) is 0 Å². The molecule has 0 spiro atoms. The SMILES string of the molecule is Cc1nc(-c2cccc(C(=O)N[C@@H]3CNCC[C@H]3O)c2)nn1C.Cl. The third-order valence-corrected chi connectivity index (χ3v) is 4.13. The zero-order valence-electron chi connectivity index (χ0n) is 13.7. The Bertz CT molecular complexity index is 699. The van der Waals surface area contributed by atoms with Gasteiger partial charge in [-0.2, -0.15) is 5.10 Å². The maximum atomic E-state index is 12.4. The number of piperidine rings is 1. The van der Waals surface area contributed by atoms with Crippen LogP contribution in [0.25, 0.3) is 11.4 Å². The zero-order chi connectivity index (χ0) is 16.4. The van der Waals surface area contributed by atoms with E-state index in [9.17, 15) is 9.90 Å². The van der Waals surface area contributed by atoms with Gasteiger partial charge in [0.2, 0.25) is 0 Å². The smallest absolute Gasteiger partial charge is 0.251 e. The predicted octanol–water partition coefficient (Wildman–Crippen LogP) is 0.665. The highest BCUT2D eigenvalue weighted by molar-refractivity contribution is 5.95. The fourth-order valence-corrected chi connectivity index (χ4v) is 2.63. The molecule has 1 aliphatic heterocycles. The quantitative estimate of drug-likeness (QED) is 0.755. The van der Waals surface area contributed by atoms with E-state index < -0.39 is 6.10 Å². The maximum Gasteiger partial charge on any atom is 0.251 e. The second-order valence-electron chi connectivity index (χ2n) is 5.83. The van der Waals surface area contributed by atoms with Gasteiger partial charge in [0.25, 0.3) is 5.91 Å². The van der Waals surface area contributed by atoms with Gasteiger partial charge >= 0.3 is 0 Å². The maximum absolute atomic E-state index is 12.4. The highest BCUT2D eigenvalue weighted by atomic mass is 35.5. The van der Waals surface area contributed by atoms with Gasteiger partial charge in [-0.3, -0.25) is 9.48 Å². The molecule has 1 saturated heterocycles. The summed E-state index contributed by atoms with van der Waals surface area (Å²) in [5.74, 6) is 1.21. The van der Waals surface area contributed by atoms with Crippen LogP contribution in [0.2, 0.25) is 0 Å². The molecule has 1 fully saturated rings. The summed E-state index contributed by atoms with van der Waals surface area (Å²) in [6.07, 6.45) is 0.130. The van der Waals surface area contributed by atoms with Crippen LogP contribution >= 0.6 is 12.4 Å².